The minimum absolute atomic E-state index is 0.0515. The van der Waals surface area contributed by atoms with E-state index in [0.29, 0.717) is 32.7 Å². The molecule has 0 aliphatic carbocycles. The van der Waals surface area contributed by atoms with Crippen LogP contribution in [0.2, 0.25) is 0 Å². The number of hydrogen-bond donors (Lipinski definition) is 2. The van der Waals surface area contributed by atoms with Gasteiger partial charge in [0, 0.05) is 46.4 Å². The summed E-state index contributed by atoms with van der Waals surface area (Å²) in [6.45, 7) is 5.48. The van der Waals surface area contributed by atoms with E-state index in [1.54, 1.807) is 18.9 Å². The number of carbonyl (C=O) groups excluding carboxylic acids is 1. The van der Waals surface area contributed by atoms with Gasteiger partial charge in [-0.3, -0.25) is 9.69 Å². The van der Waals surface area contributed by atoms with Crippen LogP contribution in [0.15, 0.2) is 0 Å². The molecule has 2 N–H and O–H groups in total. The molecule has 1 saturated heterocycles. The van der Waals surface area contributed by atoms with E-state index >= 15 is 0 Å². The van der Waals surface area contributed by atoms with Gasteiger partial charge in [0.1, 0.15) is 6.04 Å². The number of nitrogens with one attached hydrogen (secondary N) is 1. The lowest BCUT2D eigenvalue weighted by Crippen LogP contribution is -2.55. The summed E-state index contributed by atoms with van der Waals surface area (Å²) in [5, 5.41) is 11.9. The molecule has 0 aromatic heterocycles. The van der Waals surface area contributed by atoms with Gasteiger partial charge in [-0.1, -0.05) is 0 Å². The van der Waals surface area contributed by atoms with E-state index < -0.39 is 12.0 Å². The maximum Gasteiger partial charge on any atom is 0.320 e. The van der Waals surface area contributed by atoms with Crippen LogP contribution in [0, 0.1) is 0 Å². The molecule has 1 heterocycles. The van der Waals surface area contributed by atoms with Crippen LogP contribution < -0.4 is 5.32 Å². The van der Waals surface area contributed by atoms with Crippen molar-refractivity contribution in [1.82, 2.24) is 15.1 Å². The summed E-state index contributed by atoms with van der Waals surface area (Å²) in [6.07, 6.45) is 3.00. The zero-order valence-corrected chi connectivity index (χ0v) is 13.0. The molecule has 0 saturated carbocycles. The Morgan fingerprint density at radius 1 is 1.19 bits per heavy atom. The van der Waals surface area contributed by atoms with E-state index in [2.05, 4.69) is 5.32 Å². The number of hydrogen-bond acceptors (Lipinski definition) is 4. The number of carbonyl (C=O) groups is 2. The fourth-order valence-electron chi connectivity index (χ4n) is 2.32. The number of piperazine rings is 1. The van der Waals surface area contributed by atoms with Gasteiger partial charge in [0.05, 0.1) is 0 Å². The van der Waals surface area contributed by atoms with Crippen LogP contribution in [0.1, 0.15) is 26.2 Å². The summed E-state index contributed by atoms with van der Waals surface area (Å²) in [7, 11) is 1.69. The number of aliphatic carboxylic acids is 1. The number of ether oxygens (including phenoxy) is 1. The Morgan fingerprint density at radius 3 is 2.43 bits per heavy atom. The SMILES string of the molecule is COCCCCCNC(=O)N1CCN(C(C)C(=O)O)CC1. The van der Waals surface area contributed by atoms with E-state index in [9.17, 15) is 9.59 Å². The molecule has 2 amide bonds. The molecule has 1 aliphatic rings. The van der Waals surface area contributed by atoms with Crippen LogP contribution in [0.4, 0.5) is 4.79 Å². The van der Waals surface area contributed by atoms with Crippen LogP contribution in [0.25, 0.3) is 0 Å². The monoisotopic (exact) mass is 301 g/mol. The summed E-state index contributed by atoms with van der Waals surface area (Å²) >= 11 is 0. The summed E-state index contributed by atoms with van der Waals surface area (Å²) in [6, 6.07) is -0.541. The molecule has 0 aromatic carbocycles. The molecule has 122 valence electrons. The molecule has 1 unspecified atom stereocenters. The Bertz CT molecular complexity index is 330. The fraction of sp³-hybridized carbons (Fsp3) is 0.857. The van der Waals surface area contributed by atoms with Gasteiger partial charge in [0.15, 0.2) is 0 Å². The minimum atomic E-state index is -0.816. The average Bonchev–Trinajstić information content (AvgIpc) is 2.49. The Labute approximate surface area is 126 Å². The first kappa shape index (κ1) is 17.7. The molecule has 0 radical (unpaired) electrons. The predicted molar refractivity (Wildman–Crippen MR) is 79.4 cm³/mol. The number of rotatable bonds is 8. The average molecular weight is 301 g/mol. The number of carboxylic acids is 1. The first-order valence-corrected chi connectivity index (χ1v) is 7.55. The number of unbranched alkanes of at least 4 members (excludes halogenated alkanes) is 2. The molecule has 1 rings (SSSR count). The second-order valence-electron chi connectivity index (χ2n) is 5.32. The molecular weight excluding hydrogens is 274 g/mol. The summed E-state index contributed by atoms with van der Waals surface area (Å²) in [5.41, 5.74) is 0. The molecule has 0 bridgehead atoms. The Hall–Kier alpha value is -1.34. The van der Waals surface area contributed by atoms with Gasteiger partial charge < -0.3 is 20.1 Å². The molecular formula is C14H27N3O4. The van der Waals surface area contributed by atoms with Gasteiger partial charge in [-0.15, -0.1) is 0 Å². The highest BCUT2D eigenvalue weighted by Gasteiger charge is 2.26. The Balaban J connectivity index is 2.15. The molecule has 7 nitrogen and oxygen atoms in total. The zero-order valence-electron chi connectivity index (χ0n) is 13.0. The third-order valence-corrected chi connectivity index (χ3v) is 3.81. The van der Waals surface area contributed by atoms with Crippen molar-refractivity contribution < 1.29 is 19.4 Å². The van der Waals surface area contributed by atoms with Gasteiger partial charge in [-0.05, 0) is 26.2 Å². The number of carboxylic acid groups (broad SMARTS) is 1. The highest BCUT2D eigenvalue weighted by molar-refractivity contribution is 5.74. The largest absolute Gasteiger partial charge is 0.480 e. The summed E-state index contributed by atoms with van der Waals surface area (Å²) in [5.74, 6) is -0.816. The summed E-state index contributed by atoms with van der Waals surface area (Å²) in [4.78, 5) is 26.5. The number of urea groups is 1. The molecule has 21 heavy (non-hydrogen) atoms. The van der Waals surface area contributed by atoms with Crippen molar-refractivity contribution >= 4 is 12.0 Å². The van der Waals surface area contributed by atoms with Crippen LogP contribution in [-0.2, 0) is 9.53 Å². The van der Waals surface area contributed by atoms with E-state index in [0.717, 1.165) is 25.9 Å². The lowest BCUT2D eigenvalue weighted by atomic mass is 10.2. The maximum atomic E-state index is 12.0. The van der Waals surface area contributed by atoms with Crippen LogP contribution in [0.5, 0.6) is 0 Å². The van der Waals surface area contributed by atoms with E-state index in [1.165, 1.54) is 0 Å². The predicted octanol–water partition coefficient (Wildman–Crippen LogP) is 0.603. The van der Waals surface area contributed by atoms with Crippen LogP contribution in [0.3, 0.4) is 0 Å². The Morgan fingerprint density at radius 2 is 1.86 bits per heavy atom. The third-order valence-electron chi connectivity index (χ3n) is 3.81. The highest BCUT2D eigenvalue weighted by atomic mass is 16.5. The Kier molecular flexibility index (Phi) is 8.07. The van der Waals surface area contributed by atoms with Gasteiger partial charge in [0.2, 0.25) is 0 Å². The van der Waals surface area contributed by atoms with Gasteiger partial charge in [0.25, 0.3) is 0 Å². The van der Waals surface area contributed by atoms with Crippen molar-refractivity contribution in [3.8, 4) is 0 Å². The van der Waals surface area contributed by atoms with E-state index in [4.69, 9.17) is 9.84 Å². The minimum Gasteiger partial charge on any atom is -0.480 e. The second kappa shape index (κ2) is 9.57. The van der Waals surface area contributed by atoms with E-state index in [1.807, 2.05) is 4.90 Å². The van der Waals surface area contributed by atoms with Crippen molar-refractivity contribution in [2.45, 2.75) is 32.2 Å². The third kappa shape index (κ3) is 6.31. The number of methoxy groups -OCH3 is 1. The topological polar surface area (TPSA) is 82.1 Å². The van der Waals surface area contributed by atoms with Crippen molar-refractivity contribution in [3.05, 3.63) is 0 Å². The summed E-state index contributed by atoms with van der Waals surface area (Å²) < 4.78 is 4.97. The standard InChI is InChI=1S/C14H27N3O4/c1-12(13(18)19)16-7-9-17(10-8-16)14(20)15-6-4-3-5-11-21-2/h12H,3-11H2,1-2H3,(H,15,20)(H,18,19). The molecule has 7 heteroatoms. The van der Waals surface area contributed by atoms with Crippen molar-refractivity contribution in [2.24, 2.45) is 0 Å². The fourth-order valence-corrected chi connectivity index (χ4v) is 2.32. The van der Waals surface area contributed by atoms with Crippen molar-refractivity contribution in [2.75, 3.05) is 46.4 Å². The van der Waals surface area contributed by atoms with Gasteiger partial charge >= 0.3 is 12.0 Å². The van der Waals surface area contributed by atoms with Crippen molar-refractivity contribution in [1.29, 1.82) is 0 Å². The van der Waals surface area contributed by atoms with Gasteiger partial charge in [-0.25, -0.2) is 4.79 Å². The highest BCUT2D eigenvalue weighted by Crippen LogP contribution is 2.06. The zero-order chi connectivity index (χ0) is 15.7. The molecule has 1 atom stereocenters. The van der Waals surface area contributed by atoms with Crippen molar-refractivity contribution in [3.63, 3.8) is 0 Å². The lowest BCUT2D eigenvalue weighted by molar-refractivity contribution is -0.143. The molecule has 0 aromatic rings. The second-order valence-corrected chi connectivity index (χ2v) is 5.32. The normalized spacial score (nSPS) is 17.5. The molecule has 1 fully saturated rings. The molecule has 1 aliphatic heterocycles. The smallest absolute Gasteiger partial charge is 0.320 e. The van der Waals surface area contributed by atoms with E-state index in [-0.39, 0.29) is 6.03 Å². The lowest BCUT2D eigenvalue weighted by Gasteiger charge is -2.36. The van der Waals surface area contributed by atoms with Gasteiger partial charge in [-0.2, -0.15) is 0 Å². The first-order valence-electron chi connectivity index (χ1n) is 7.55. The van der Waals surface area contributed by atoms with Crippen LogP contribution in [-0.4, -0.2) is 79.4 Å². The van der Waals surface area contributed by atoms with Crippen LogP contribution >= 0.6 is 0 Å². The quantitative estimate of drug-likeness (QED) is 0.642. The first-order chi connectivity index (χ1) is 10.1. The maximum absolute atomic E-state index is 12.0. The number of amides is 2. The number of nitrogens with zero attached hydrogens (tertiary/aromatic N) is 2. The molecule has 0 spiro atoms.